The largest absolute Gasteiger partial charge is 0.299 e. The topological polar surface area (TPSA) is 46.5 Å². The first-order valence-corrected chi connectivity index (χ1v) is 9.58. The summed E-state index contributed by atoms with van der Waals surface area (Å²) in [6.45, 7) is 0. The van der Waals surface area contributed by atoms with E-state index in [0.717, 1.165) is 30.1 Å². The summed E-state index contributed by atoms with van der Waals surface area (Å²) >= 11 is 1.43. The Morgan fingerprint density at radius 2 is 1.82 bits per heavy atom. The first-order valence-electron chi connectivity index (χ1n) is 8.60. The summed E-state index contributed by atoms with van der Waals surface area (Å²) in [5.41, 5.74) is 0. The molecule has 1 heterocycles. The fourth-order valence-electron chi connectivity index (χ4n) is 5.39. The zero-order chi connectivity index (χ0) is 15.1. The molecule has 0 atom stereocenters. The summed E-state index contributed by atoms with van der Waals surface area (Å²) < 4.78 is 0. The van der Waals surface area contributed by atoms with Crippen LogP contribution in [-0.2, 0) is 9.59 Å². The highest BCUT2D eigenvalue weighted by Crippen LogP contribution is 2.57. The molecule has 0 saturated heterocycles. The molecule has 3 nitrogen and oxygen atoms in total. The maximum atomic E-state index is 12.4. The van der Waals surface area contributed by atoms with Crippen molar-refractivity contribution in [2.45, 2.75) is 44.9 Å². The predicted octanol–water partition coefficient (Wildman–Crippen LogP) is 3.64. The minimum atomic E-state index is -0.0986. The SMILES string of the molecule is O=C(CSC1=NC(=O)CC=C1)CC1C2CC3CC(C2)CC1C3. The van der Waals surface area contributed by atoms with Gasteiger partial charge in [-0.15, -0.1) is 0 Å². The Balaban J connectivity index is 1.31. The molecule has 1 aliphatic heterocycles. The Labute approximate surface area is 136 Å². The van der Waals surface area contributed by atoms with Crippen molar-refractivity contribution < 1.29 is 9.59 Å². The third-order valence-electron chi connectivity index (χ3n) is 6.05. The number of hydrogen-bond acceptors (Lipinski definition) is 3. The molecule has 4 aliphatic carbocycles. The van der Waals surface area contributed by atoms with Crippen molar-refractivity contribution in [1.82, 2.24) is 0 Å². The lowest BCUT2D eigenvalue weighted by Gasteiger charge is -2.54. The Hall–Kier alpha value is -0.900. The molecule has 4 heteroatoms. The maximum absolute atomic E-state index is 12.4. The zero-order valence-corrected chi connectivity index (χ0v) is 13.7. The third-order valence-corrected chi connectivity index (χ3v) is 7.04. The van der Waals surface area contributed by atoms with Crippen LogP contribution in [0.25, 0.3) is 0 Å². The molecule has 22 heavy (non-hydrogen) atoms. The Bertz CT molecular complexity index is 523. The van der Waals surface area contributed by atoms with Crippen LogP contribution in [0.15, 0.2) is 17.1 Å². The van der Waals surface area contributed by atoms with Crippen molar-refractivity contribution in [2.75, 3.05) is 5.75 Å². The van der Waals surface area contributed by atoms with Crippen molar-refractivity contribution in [3.8, 4) is 0 Å². The second-order valence-corrected chi connectivity index (χ2v) is 8.57. The Kier molecular flexibility index (Phi) is 3.97. The van der Waals surface area contributed by atoms with Crippen LogP contribution in [0.2, 0.25) is 0 Å². The van der Waals surface area contributed by atoms with E-state index in [4.69, 9.17) is 0 Å². The van der Waals surface area contributed by atoms with Crippen LogP contribution >= 0.6 is 11.8 Å². The number of dihydropyridines is 1. The number of nitrogens with zero attached hydrogens (tertiary/aromatic N) is 1. The molecule has 118 valence electrons. The molecule has 4 bridgehead atoms. The van der Waals surface area contributed by atoms with Crippen molar-refractivity contribution in [3.05, 3.63) is 12.2 Å². The van der Waals surface area contributed by atoms with Crippen LogP contribution < -0.4 is 0 Å². The molecule has 0 unspecified atom stereocenters. The van der Waals surface area contributed by atoms with Gasteiger partial charge in [-0.3, -0.25) is 9.59 Å². The zero-order valence-electron chi connectivity index (χ0n) is 12.9. The number of carbonyl (C=O) groups excluding carboxylic acids is 2. The van der Waals surface area contributed by atoms with Gasteiger partial charge in [-0.2, -0.15) is 0 Å². The second kappa shape index (κ2) is 5.95. The number of thioether (sulfide) groups is 1. The van der Waals surface area contributed by atoms with E-state index < -0.39 is 0 Å². The molecule has 0 radical (unpaired) electrons. The van der Waals surface area contributed by atoms with Crippen molar-refractivity contribution >= 4 is 28.5 Å². The predicted molar refractivity (Wildman–Crippen MR) is 88.8 cm³/mol. The fourth-order valence-corrected chi connectivity index (χ4v) is 6.18. The summed E-state index contributed by atoms with van der Waals surface area (Å²) in [4.78, 5) is 27.6. The summed E-state index contributed by atoms with van der Waals surface area (Å²) in [6.07, 6.45) is 11.8. The van der Waals surface area contributed by atoms with Crippen molar-refractivity contribution in [3.63, 3.8) is 0 Å². The van der Waals surface area contributed by atoms with Crippen molar-refractivity contribution in [1.29, 1.82) is 0 Å². The van der Waals surface area contributed by atoms with E-state index in [1.807, 2.05) is 12.2 Å². The molecular formula is C18H23NO2S. The average molecular weight is 317 g/mol. The smallest absolute Gasteiger partial charge is 0.250 e. The van der Waals surface area contributed by atoms with E-state index in [0.29, 0.717) is 28.9 Å². The summed E-state index contributed by atoms with van der Waals surface area (Å²) in [6, 6.07) is 0. The monoisotopic (exact) mass is 317 g/mol. The third kappa shape index (κ3) is 2.94. The van der Waals surface area contributed by atoms with Gasteiger partial charge in [-0.05, 0) is 67.8 Å². The van der Waals surface area contributed by atoms with Gasteiger partial charge in [0, 0.05) is 12.8 Å². The van der Waals surface area contributed by atoms with E-state index in [2.05, 4.69) is 4.99 Å². The average Bonchev–Trinajstić information content (AvgIpc) is 2.48. The van der Waals surface area contributed by atoms with Crippen molar-refractivity contribution in [2.24, 2.45) is 34.6 Å². The number of rotatable bonds is 4. The van der Waals surface area contributed by atoms with Crippen LogP contribution in [-0.4, -0.2) is 22.5 Å². The molecule has 0 aromatic heterocycles. The summed E-state index contributed by atoms with van der Waals surface area (Å²) in [5.74, 6) is 4.94. The lowest BCUT2D eigenvalue weighted by Crippen LogP contribution is -2.45. The van der Waals surface area contributed by atoms with Gasteiger partial charge >= 0.3 is 0 Å². The Morgan fingerprint density at radius 3 is 2.45 bits per heavy atom. The molecule has 5 aliphatic rings. The second-order valence-electron chi connectivity index (χ2n) is 7.58. The summed E-state index contributed by atoms with van der Waals surface area (Å²) in [5, 5.41) is 0.703. The quantitative estimate of drug-likeness (QED) is 0.795. The first-order chi connectivity index (χ1) is 10.7. The van der Waals surface area contributed by atoms with Crippen LogP contribution in [0, 0.1) is 29.6 Å². The molecule has 4 saturated carbocycles. The van der Waals surface area contributed by atoms with Gasteiger partial charge in [-0.1, -0.05) is 17.8 Å². The van der Waals surface area contributed by atoms with Crippen LogP contribution in [0.1, 0.15) is 44.9 Å². The van der Waals surface area contributed by atoms with Crippen LogP contribution in [0.5, 0.6) is 0 Å². The highest BCUT2D eigenvalue weighted by molar-refractivity contribution is 8.14. The van der Waals surface area contributed by atoms with Gasteiger partial charge in [0.1, 0.15) is 10.8 Å². The normalized spacial score (nSPS) is 39.2. The molecule has 0 spiro atoms. The van der Waals surface area contributed by atoms with Gasteiger partial charge in [0.25, 0.3) is 5.91 Å². The minimum absolute atomic E-state index is 0.0986. The molecule has 1 amide bonds. The molecule has 4 fully saturated rings. The first kappa shape index (κ1) is 14.7. The lowest BCUT2D eigenvalue weighted by atomic mass is 9.51. The number of hydrogen-bond donors (Lipinski definition) is 0. The van der Waals surface area contributed by atoms with Gasteiger partial charge in [0.15, 0.2) is 0 Å². The van der Waals surface area contributed by atoms with Gasteiger partial charge in [0.05, 0.1) is 5.75 Å². The Morgan fingerprint density at radius 1 is 1.14 bits per heavy atom. The van der Waals surface area contributed by atoms with Gasteiger partial charge in [0.2, 0.25) is 0 Å². The number of amides is 1. The van der Waals surface area contributed by atoms with E-state index in [1.165, 1.54) is 43.9 Å². The standard InChI is InChI=1S/C18H23NO2S/c20-15(10-22-18-3-1-2-17(21)19-18)9-16-13-5-11-4-12(7-13)8-14(16)6-11/h1,3,11-14,16H,2,4-10H2. The fraction of sp³-hybridized carbons (Fsp3) is 0.722. The minimum Gasteiger partial charge on any atom is -0.299 e. The number of aliphatic imine (C=N–C) groups is 1. The number of Topliss-reactive ketones (excluding diaryl/α,β-unsaturated/α-hetero) is 1. The summed E-state index contributed by atoms with van der Waals surface area (Å²) in [7, 11) is 0. The van der Waals surface area contributed by atoms with E-state index >= 15 is 0 Å². The van der Waals surface area contributed by atoms with E-state index in [-0.39, 0.29) is 5.91 Å². The lowest BCUT2D eigenvalue weighted by molar-refractivity contribution is -0.121. The molecule has 5 rings (SSSR count). The maximum Gasteiger partial charge on any atom is 0.250 e. The highest BCUT2D eigenvalue weighted by Gasteiger charge is 2.48. The number of ketones is 1. The van der Waals surface area contributed by atoms with E-state index in [1.54, 1.807) is 0 Å². The van der Waals surface area contributed by atoms with Crippen LogP contribution in [0.3, 0.4) is 0 Å². The van der Waals surface area contributed by atoms with E-state index in [9.17, 15) is 9.59 Å². The van der Waals surface area contributed by atoms with Crippen LogP contribution in [0.4, 0.5) is 0 Å². The highest BCUT2D eigenvalue weighted by atomic mass is 32.2. The molecular weight excluding hydrogens is 294 g/mol. The molecule has 0 N–H and O–H groups in total. The van der Waals surface area contributed by atoms with Gasteiger partial charge in [-0.25, -0.2) is 4.99 Å². The molecule has 0 aromatic rings. The van der Waals surface area contributed by atoms with Gasteiger partial charge < -0.3 is 0 Å². The number of carbonyl (C=O) groups is 2. The molecule has 0 aromatic carbocycles.